The van der Waals surface area contributed by atoms with Crippen LogP contribution in [0.5, 0.6) is 0 Å². The summed E-state index contributed by atoms with van der Waals surface area (Å²) in [6, 6.07) is 10.1. The largest absolute Gasteiger partial charge is 0.379 e. The lowest BCUT2D eigenvalue weighted by Crippen LogP contribution is -2.44. The summed E-state index contributed by atoms with van der Waals surface area (Å²) in [5.41, 5.74) is 1.16. The first-order valence-corrected chi connectivity index (χ1v) is 6.77. The molecule has 2 aliphatic rings. The molecule has 0 spiro atoms. The molecule has 0 aromatic heterocycles. The molecule has 4 nitrogen and oxygen atoms in total. The first-order valence-electron chi connectivity index (χ1n) is 6.77. The highest BCUT2D eigenvalue weighted by Gasteiger charge is 2.48. The van der Waals surface area contributed by atoms with Gasteiger partial charge in [-0.1, -0.05) is 30.3 Å². The van der Waals surface area contributed by atoms with Crippen molar-refractivity contribution >= 4 is 0 Å². The van der Waals surface area contributed by atoms with Crippen molar-refractivity contribution in [3.8, 4) is 0 Å². The maximum Gasteiger partial charge on any atom is 0.184 e. The molecular formula is C15H20O4. The maximum absolute atomic E-state index is 5.95. The van der Waals surface area contributed by atoms with Crippen LogP contribution in [0, 0.1) is 0 Å². The molecule has 5 atom stereocenters. The van der Waals surface area contributed by atoms with Gasteiger partial charge in [0.25, 0.3) is 0 Å². The highest BCUT2D eigenvalue weighted by Crippen LogP contribution is 2.35. The minimum Gasteiger partial charge on any atom is -0.379 e. The van der Waals surface area contributed by atoms with Gasteiger partial charge in [-0.15, -0.1) is 0 Å². The molecular weight excluding hydrogens is 244 g/mol. The van der Waals surface area contributed by atoms with Crippen LogP contribution in [-0.4, -0.2) is 37.8 Å². The summed E-state index contributed by atoms with van der Waals surface area (Å²) in [7, 11) is 1.72. The molecule has 0 N–H and O–H groups in total. The van der Waals surface area contributed by atoms with E-state index < -0.39 is 0 Å². The first kappa shape index (κ1) is 13.1. The van der Waals surface area contributed by atoms with Crippen LogP contribution in [-0.2, 0) is 25.6 Å². The zero-order chi connectivity index (χ0) is 13.2. The number of fused-ring (bicyclic) bond motifs is 2. The van der Waals surface area contributed by atoms with Crippen LogP contribution in [0.4, 0.5) is 0 Å². The molecule has 3 rings (SSSR count). The van der Waals surface area contributed by atoms with E-state index in [-0.39, 0.29) is 30.7 Å². The summed E-state index contributed by atoms with van der Waals surface area (Å²) in [4.78, 5) is 0. The second-order valence-corrected chi connectivity index (χ2v) is 5.16. The molecule has 1 aromatic carbocycles. The number of ether oxygens (including phenoxy) is 4. The number of hydrogen-bond acceptors (Lipinski definition) is 4. The summed E-state index contributed by atoms with van der Waals surface area (Å²) in [6.45, 7) is 2.60. The normalized spacial score (nSPS) is 37.5. The molecule has 2 heterocycles. The van der Waals surface area contributed by atoms with Crippen molar-refractivity contribution in [2.75, 3.05) is 7.11 Å². The fourth-order valence-corrected chi connectivity index (χ4v) is 2.78. The van der Waals surface area contributed by atoms with Crippen LogP contribution < -0.4 is 0 Å². The van der Waals surface area contributed by atoms with Gasteiger partial charge in [0.05, 0.1) is 18.8 Å². The van der Waals surface area contributed by atoms with Crippen molar-refractivity contribution < 1.29 is 18.9 Å². The van der Waals surface area contributed by atoms with E-state index in [1.54, 1.807) is 7.11 Å². The number of rotatable bonds is 4. The standard InChI is InChI=1S/C15H20O4/c1-10-14-12(16-2)8-13(15(18-10)19-14)17-9-11-6-4-3-5-7-11/h3-7,10,12-15H,8-9H2,1-2H3. The molecule has 0 aliphatic carbocycles. The third-order valence-corrected chi connectivity index (χ3v) is 3.85. The van der Waals surface area contributed by atoms with Crippen molar-refractivity contribution in [2.24, 2.45) is 0 Å². The molecule has 2 fully saturated rings. The summed E-state index contributed by atoms with van der Waals surface area (Å²) in [6.07, 6.45) is 0.658. The van der Waals surface area contributed by atoms with Crippen molar-refractivity contribution in [1.82, 2.24) is 0 Å². The Morgan fingerprint density at radius 2 is 1.95 bits per heavy atom. The van der Waals surface area contributed by atoms with Gasteiger partial charge in [-0.05, 0) is 12.5 Å². The Kier molecular flexibility index (Phi) is 3.84. The topological polar surface area (TPSA) is 36.9 Å². The summed E-state index contributed by atoms with van der Waals surface area (Å²) < 4.78 is 23.1. The Balaban J connectivity index is 1.62. The average molecular weight is 264 g/mol. The fourth-order valence-electron chi connectivity index (χ4n) is 2.78. The van der Waals surface area contributed by atoms with Gasteiger partial charge in [-0.25, -0.2) is 0 Å². The van der Waals surface area contributed by atoms with E-state index in [1.807, 2.05) is 25.1 Å². The molecule has 2 saturated heterocycles. The van der Waals surface area contributed by atoms with Crippen LogP contribution >= 0.6 is 0 Å². The molecule has 0 radical (unpaired) electrons. The lowest BCUT2D eigenvalue weighted by atomic mass is 10.0. The van der Waals surface area contributed by atoms with Crippen LogP contribution in [0.3, 0.4) is 0 Å². The fraction of sp³-hybridized carbons (Fsp3) is 0.600. The molecule has 19 heavy (non-hydrogen) atoms. The van der Waals surface area contributed by atoms with Gasteiger partial charge in [-0.2, -0.15) is 0 Å². The number of benzene rings is 1. The number of hydrogen-bond donors (Lipinski definition) is 0. The van der Waals surface area contributed by atoms with E-state index in [0.717, 1.165) is 12.0 Å². The SMILES string of the molecule is COC1CC(OCc2ccccc2)C2OC(C)C1O2. The second kappa shape index (κ2) is 5.59. The minimum absolute atomic E-state index is 0.0339. The highest BCUT2D eigenvalue weighted by atomic mass is 16.8. The summed E-state index contributed by atoms with van der Waals surface area (Å²) in [5, 5.41) is 0. The molecule has 0 amide bonds. The third kappa shape index (κ3) is 2.67. The quantitative estimate of drug-likeness (QED) is 0.834. The summed E-state index contributed by atoms with van der Waals surface area (Å²) >= 11 is 0. The molecule has 2 aliphatic heterocycles. The zero-order valence-corrected chi connectivity index (χ0v) is 11.3. The Hall–Kier alpha value is -0.940. The maximum atomic E-state index is 5.95. The van der Waals surface area contributed by atoms with E-state index >= 15 is 0 Å². The second-order valence-electron chi connectivity index (χ2n) is 5.16. The number of methoxy groups -OCH3 is 1. The zero-order valence-electron chi connectivity index (χ0n) is 11.3. The van der Waals surface area contributed by atoms with Crippen LogP contribution in [0.25, 0.3) is 0 Å². The van der Waals surface area contributed by atoms with E-state index in [0.29, 0.717) is 6.61 Å². The molecule has 0 saturated carbocycles. The van der Waals surface area contributed by atoms with Crippen molar-refractivity contribution in [3.63, 3.8) is 0 Å². The van der Waals surface area contributed by atoms with Gasteiger partial charge in [-0.3, -0.25) is 0 Å². The Bertz CT molecular complexity index is 408. The Morgan fingerprint density at radius 1 is 1.16 bits per heavy atom. The molecule has 4 heteroatoms. The van der Waals surface area contributed by atoms with E-state index in [2.05, 4.69) is 12.1 Å². The van der Waals surface area contributed by atoms with Crippen molar-refractivity contribution in [3.05, 3.63) is 35.9 Å². The van der Waals surface area contributed by atoms with E-state index in [9.17, 15) is 0 Å². The van der Waals surface area contributed by atoms with E-state index in [1.165, 1.54) is 0 Å². The first-order chi connectivity index (χ1) is 9.28. The lowest BCUT2D eigenvalue weighted by molar-refractivity contribution is -0.205. The Morgan fingerprint density at radius 3 is 2.68 bits per heavy atom. The molecule has 1 aromatic rings. The summed E-state index contributed by atoms with van der Waals surface area (Å²) in [5.74, 6) is 0. The molecule has 104 valence electrons. The molecule has 5 unspecified atom stereocenters. The predicted molar refractivity (Wildman–Crippen MR) is 69.6 cm³/mol. The minimum atomic E-state index is -0.255. The van der Waals surface area contributed by atoms with Gasteiger partial charge in [0.1, 0.15) is 12.2 Å². The van der Waals surface area contributed by atoms with Crippen LogP contribution in [0.2, 0.25) is 0 Å². The molecule has 2 bridgehead atoms. The third-order valence-electron chi connectivity index (χ3n) is 3.85. The van der Waals surface area contributed by atoms with E-state index in [4.69, 9.17) is 18.9 Å². The van der Waals surface area contributed by atoms with Gasteiger partial charge in [0.15, 0.2) is 6.29 Å². The van der Waals surface area contributed by atoms with Gasteiger partial charge in [0, 0.05) is 13.5 Å². The van der Waals surface area contributed by atoms with Gasteiger partial charge < -0.3 is 18.9 Å². The van der Waals surface area contributed by atoms with Gasteiger partial charge in [0.2, 0.25) is 0 Å². The predicted octanol–water partition coefficient (Wildman–Crippen LogP) is 2.12. The Labute approximate surface area is 113 Å². The van der Waals surface area contributed by atoms with Gasteiger partial charge >= 0.3 is 0 Å². The van der Waals surface area contributed by atoms with Crippen LogP contribution in [0.15, 0.2) is 30.3 Å². The van der Waals surface area contributed by atoms with Crippen molar-refractivity contribution in [2.45, 2.75) is 50.7 Å². The highest BCUT2D eigenvalue weighted by molar-refractivity contribution is 5.13. The lowest BCUT2D eigenvalue weighted by Gasteiger charge is -2.33. The smallest absolute Gasteiger partial charge is 0.184 e. The average Bonchev–Trinajstić information content (AvgIpc) is 2.77. The van der Waals surface area contributed by atoms with Crippen LogP contribution in [0.1, 0.15) is 18.9 Å². The van der Waals surface area contributed by atoms with Crippen molar-refractivity contribution in [1.29, 1.82) is 0 Å². The monoisotopic (exact) mass is 264 g/mol.